The first-order chi connectivity index (χ1) is 27.3. The average molecular weight is 720 g/mol. The molecule has 0 spiro atoms. The molecule has 8 aromatic rings. The molecule has 0 amide bonds. The lowest BCUT2D eigenvalue weighted by Gasteiger charge is -2.37. The number of benzene rings is 7. The van der Waals surface area contributed by atoms with Crippen LogP contribution in [0.5, 0.6) is 0 Å². The summed E-state index contributed by atoms with van der Waals surface area (Å²) >= 11 is 0. The van der Waals surface area contributed by atoms with Crippen molar-refractivity contribution in [3.05, 3.63) is 197 Å². The zero-order valence-electron chi connectivity index (χ0n) is 32.2. The molecule has 0 saturated carbocycles. The zero-order valence-corrected chi connectivity index (χ0v) is 32.2. The van der Waals surface area contributed by atoms with Crippen LogP contribution in [0.1, 0.15) is 73.4 Å². The van der Waals surface area contributed by atoms with Crippen molar-refractivity contribution in [3.63, 3.8) is 0 Å². The molecule has 7 aromatic carbocycles. The number of hydrogen-bond acceptors (Lipinski definition) is 2. The van der Waals surface area contributed by atoms with Gasteiger partial charge in [0.2, 0.25) is 0 Å². The molecule has 1 unspecified atom stereocenters. The lowest BCUT2D eigenvalue weighted by Crippen LogP contribution is -2.23. The summed E-state index contributed by atoms with van der Waals surface area (Å²) in [5.41, 5.74) is 22.7. The molecule has 268 valence electrons. The summed E-state index contributed by atoms with van der Waals surface area (Å²) in [5.74, 6) is 0.253. The minimum Gasteiger partial charge on any atom is -0.455 e. The van der Waals surface area contributed by atoms with E-state index in [-0.39, 0.29) is 16.7 Å². The standard InChI is InChI=1S/C54H41NO/c1-53(2)47-27-23-33(30-45(47)51-48(53)28-26-43-42-18-10-12-20-50(42)56-52(43)51)55(34-22-25-41-40-17-9-11-19-46(40)54(3,4)49(41)31-34)32-21-24-39-37-15-6-5-13-35(37)36-14-7-8-16-38(36)44(39)29-32/h5-28,30-31,44H,29H2,1-4H3. The van der Waals surface area contributed by atoms with Crippen LogP contribution in [0, 0.1) is 0 Å². The van der Waals surface area contributed by atoms with Gasteiger partial charge in [-0.15, -0.1) is 0 Å². The van der Waals surface area contributed by atoms with E-state index < -0.39 is 0 Å². The van der Waals surface area contributed by atoms with Crippen molar-refractivity contribution in [3.8, 4) is 33.4 Å². The first-order valence-electron chi connectivity index (χ1n) is 20.0. The fourth-order valence-electron chi connectivity index (χ4n) is 10.9. The maximum Gasteiger partial charge on any atom is 0.143 e. The van der Waals surface area contributed by atoms with Gasteiger partial charge in [-0.3, -0.25) is 0 Å². The smallest absolute Gasteiger partial charge is 0.143 e. The normalized spacial score (nSPS) is 17.5. The minimum absolute atomic E-state index is 0.110. The quantitative estimate of drug-likeness (QED) is 0.181. The Balaban J connectivity index is 1.08. The van der Waals surface area contributed by atoms with Gasteiger partial charge in [-0.2, -0.15) is 0 Å². The van der Waals surface area contributed by atoms with E-state index in [2.05, 4.69) is 190 Å². The van der Waals surface area contributed by atoms with Gasteiger partial charge < -0.3 is 9.32 Å². The van der Waals surface area contributed by atoms with Crippen molar-refractivity contribution >= 4 is 38.9 Å². The number of nitrogens with zero attached hydrogens (tertiary/aromatic N) is 1. The summed E-state index contributed by atoms with van der Waals surface area (Å²) in [6.45, 7) is 9.48. The Bertz CT molecular complexity index is 3070. The molecule has 0 bridgehead atoms. The highest BCUT2D eigenvalue weighted by Crippen LogP contribution is 2.56. The molecule has 4 aliphatic carbocycles. The fraction of sp³-hybridized carbons (Fsp3) is 0.148. The number of anilines is 2. The lowest BCUT2D eigenvalue weighted by molar-refractivity contribution is 0.653. The summed E-state index contributed by atoms with van der Waals surface area (Å²) in [6, 6.07) is 54.4. The number of hydrogen-bond donors (Lipinski definition) is 0. The lowest BCUT2D eigenvalue weighted by atomic mass is 9.71. The molecule has 0 saturated heterocycles. The van der Waals surface area contributed by atoms with E-state index in [4.69, 9.17) is 4.42 Å². The van der Waals surface area contributed by atoms with Gasteiger partial charge in [0.25, 0.3) is 0 Å². The predicted molar refractivity (Wildman–Crippen MR) is 233 cm³/mol. The van der Waals surface area contributed by atoms with E-state index in [9.17, 15) is 0 Å². The van der Waals surface area contributed by atoms with E-state index in [1.165, 1.54) is 100 Å². The SMILES string of the molecule is CC1(C)c2ccccc2-c2ccc(N(C3=CC=C4c5ccccc5-c5ccccc5C4C3)c3ccc4c(c3)-c3c(ccc5c3oc3ccccc35)C4(C)C)cc21. The van der Waals surface area contributed by atoms with Gasteiger partial charge in [0, 0.05) is 50.2 Å². The van der Waals surface area contributed by atoms with Crippen LogP contribution in [-0.4, -0.2) is 0 Å². The zero-order chi connectivity index (χ0) is 37.5. The van der Waals surface area contributed by atoms with Crippen LogP contribution >= 0.6 is 0 Å². The summed E-state index contributed by atoms with van der Waals surface area (Å²) in [7, 11) is 0. The van der Waals surface area contributed by atoms with Gasteiger partial charge in [-0.25, -0.2) is 0 Å². The number of allylic oxidation sites excluding steroid dienone is 4. The third kappa shape index (κ3) is 4.17. The van der Waals surface area contributed by atoms with Crippen LogP contribution in [-0.2, 0) is 10.8 Å². The molecule has 1 heterocycles. The van der Waals surface area contributed by atoms with E-state index >= 15 is 0 Å². The van der Waals surface area contributed by atoms with Crippen LogP contribution in [0.25, 0.3) is 60.9 Å². The molecular weight excluding hydrogens is 679 g/mol. The van der Waals surface area contributed by atoms with Crippen LogP contribution in [0.3, 0.4) is 0 Å². The monoisotopic (exact) mass is 719 g/mol. The molecule has 0 radical (unpaired) electrons. The summed E-state index contributed by atoms with van der Waals surface area (Å²) in [4.78, 5) is 2.56. The third-order valence-electron chi connectivity index (χ3n) is 13.6. The van der Waals surface area contributed by atoms with Crippen molar-refractivity contribution in [1.82, 2.24) is 0 Å². The van der Waals surface area contributed by atoms with Crippen LogP contribution in [0.15, 0.2) is 168 Å². The Morgan fingerprint density at radius 1 is 0.500 bits per heavy atom. The Hall–Kier alpha value is -6.38. The van der Waals surface area contributed by atoms with Crippen LogP contribution in [0.2, 0.25) is 0 Å². The van der Waals surface area contributed by atoms with Gasteiger partial charge in [0.15, 0.2) is 0 Å². The number of fused-ring (bicyclic) bond motifs is 16. The summed E-state index contributed by atoms with van der Waals surface area (Å²) in [6.07, 6.45) is 5.69. The molecule has 12 rings (SSSR count). The maximum atomic E-state index is 6.74. The second-order valence-corrected chi connectivity index (χ2v) is 17.2. The predicted octanol–water partition coefficient (Wildman–Crippen LogP) is 14.5. The first-order valence-corrected chi connectivity index (χ1v) is 20.0. The topological polar surface area (TPSA) is 16.4 Å². The first kappa shape index (κ1) is 31.9. The van der Waals surface area contributed by atoms with Crippen LogP contribution in [0.4, 0.5) is 11.4 Å². The molecule has 0 N–H and O–H groups in total. The highest BCUT2D eigenvalue weighted by atomic mass is 16.3. The fourth-order valence-corrected chi connectivity index (χ4v) is 10.9. The summed E-state index contributed by atoms with van der Waals surface area (Å²) in [5, 5.41) is 2.34. The molecule has 2 nitrogen and oxygen atoms in total. The van der Waals surface area contributed by atoms with Gasteiger partial charge in [-0.1, -0.05) is 149 Å². The molecule has 0 aliphatic heterocycles. The Kier molecular flexibility index (Phi) is 6.33. The number of rotatable bonds is 3. The molecule has 0 fully saturated rings. The number of furan rings is 1. The van der Waals surface area contributed by atoms with E-state index in [0.717, 1.165) is 17.6 Å². The van der Waals surface area contributed by atoms with Gasteiger partial charge in [-0.05, 0) is 110 Å². The highest BCUT2D eigenvalue weighted by Gasteiger charge is 2.40. The summed E-state index contributed by atoms with van der Waals surface area (Å²) < 4.78 is 6.74. The molecule has 56 heavy (non-hydrogen) atoms. The van der Waals surface area contributed by atoms with Gasteiger partial charge in [0.05, 0.1) is 0 Å². The largest absolute Gasteiger partial charge is 0.455 e. The maximum absolute atomic E-state index is 6.74. The molecule has 1 atom stereocenters. The van der Waals surface area contributed by atoms with E-state index in [0.29, 0.717) is 0 Å². The molecule has 1 aromatic heterocycles. The van der Waals surface area contributed by atoms with Crippen molar-refractivity contribution in [2.24, 2.45) is 0 Å². The second-order valence-electron chi connectivity index (χ2n) is 17.2. The molecule has 4 aliphatic rings. The average Bonchev–Trinajstić information content (AvgIpc) is 3.80. The molecule has 2 heteroatoms. The second kappa shape index (κ2) is 11.1. The minimum atomic E-state index is -0.161. The third-order valence-corrected chi connectivity index (χ3v) is 13.6. The van der Waals surface area contributed by atoms with Crippen molar-refractivity contribution < 1.29 is 4.42 Å². The highest BCUT2D eigenvalue weighted by molar-refractivity contribution is 6.12. The Morgan fingerprint density at radius 2 is 1.14 bits per heavy atom. The Labute approximate surface area is 328 Å². The Morgan fingerprint density at radius 3 is 2.02 bits per heavy atom. The van der Waals surface area contributed by atoms with Crippen molar-refractivity contribution in [2.45, 2.75) is 50.9 Å². The van der Waals surface area contributed by atoms with Crippen molar-refractivity contribution in [1.29, 1.82) is 0 Å². The van der Waals surface area contributed by atoms with E-state index in [1.54, 1.807) is 0 Å². The number of para-hydroxylation sites is 1. The van der Waals surface area contributed by atoms with Crippen LogP contribution < -0.4 is 4.90 Å². The van der Waals surface area contributed by atoms with Crippen molar-refractivity contribution in [2.75, 3.05) is 4.90 Å². The van der Waals surface area contributed by atoms with Gasteiger partial charge >= 0.3 is 0 Å². The van der Waals surface area contributed by atoms with Gasteiger partial charge in [0.1, 0.15) is 11.2 Å². The van der Waals surface area contributed by atoms with E-state index in [1.807, 2.05) is 0 Å². The molecular formula is C54H41NO.